The first-order chi connectivity index (χ1) is 3.29. The van der Waals surface area contributed by atoms with Gasteiger partial charge in [-0.05, 0) is 20.0 Å². The highest BCUT2D eigenvalue weighted by molar-refractivity contribution is 5.85. The lowest BCUT2D eigenvalue weighted by molar-refractivity contribution is 0.411. The highest BCUT2D eigenvalue weighted by Crippen LogP contribution is 2.01. The van der Waals surface area contributed by atoms with Gasteiger partial charge in [-0.1, -0.05) is 0 Å². The Bertz CT molecular complexity index is 62.0. The number of nitrogens with two attached hydrogens (primary N) is 1. The molecule has 58 valence electrons. The van der Waals surface area contributed by atoms with E-state index in [2.05, 4.69) is 11.9 Å². The van der Waals surface area contributed by atoms with Crippen molar-refractivity contribution in [3.63, 3.8) is 0 Å². The molecule has 1 aliphatic heterocycles. The molecule has 0 amide bonds. The summed E-state index contributed by atoms with van der Waals surface area (Å²) in [6.07, 6.45) is 1.18. The van der Waals surface area contributed by atoms with Crippen LogP contribution < -0.4 is 5.73 Å². The van der Waals surface area contributed by atoms with Gasteiger partial charge in [0.1, 0.15) is 0 Å². The van der Waals surface area contributed by atoms with Gasteiger partial charge in [0.05, 0.1) is 0 Å². The molecule has 0 aromatic carbocycles. The summed E-state index contributed by atoms with van der Waals surface area (Å²) in [4.78, 5) is 2.25. The van der Waals surface area contributed by atoms with Crippen molar-refractivity contribution in [3.8, 4) is 0 Å². The molecule has 0 radical (unpaired) electrons. The monoisotopic (exact) mass is 172 g/mol. The molecular weight excluding hydrogens is 159 g/mol. The zero-order valence-corrected chi connectivity index (χ0v) is 7.17. The third kappa shape index (κ3) is 3.98. The van der Waals surface area contributed by atoms with Crippen LogP contribution in [0.15, 0.2) is 0 Å². The van der Waals surface area contributed by atoms with Gasteiger partial charge in [0.15, 0.2) is 0 Å². The number of hydrogen-bond donors (Lipinski definition) is 1. The number of rotatable bonds is 0. The molecule has 0 aliphatic carbocycles. The molecule has 1 aliphatic rings. The highest BCUT2D eigenvalue weighted by atomic mass is 35.5. The van der Waals surface area contributed by atoms with Gasteiger partial charge in [0.25, 0.3) is 0 Å². The molecule has 1 rings (SSSR count). The van der Waals surface area contributed by atoms with Crippen molar-refractivity contribution in [1.29, 1.82) is 0 Å². The summed E-state index contributed by atoms with van der Waals surface area (Å²) < 4.78 is 0. The van der Waals surface area contributed by atoms with Gasteiger partial charge in [-0.25, -0.2) is 0 Å². The lowest BCUT2D eigenvalue weighted by atomic mass is 10.3. The van der Waals surface area contributed by atoms with Crippen LogP contribution in [-0.2, 0) is 0 Å². The maximum atomic E-state index is 5.58. The summed E-state index contributed by atoms with van der Waals surface area (Å²) in [5, 5.41) is 0. The van der Waals surface area contributed by atoms with E-state index in [0.717, 1.165) is 6.54 Å². The third-order valence-electron chi connectivity index (χ3n) is 1.43. The number of likely N-dealkylation sites (N-methyl/N-ethyl adjacent to an activating group) is 1. The molecule has 1 heterocycles. The zero-order chi connectivity index (χ0) is 5.28. The zero-order valence-electron chi connectivity index (χ0n) is 5.54. The average Bonchev–Trinajstić information content (AvgIpc) is 1.87. The molecule has 2 N–H and O–H groups in total. The second kappa shape index (κ2) is 5.30. The Morgan fingerprint density at radius 3 is 2.11 bits per heavy atom. The Kier molecular flexibility index (Phi) is 7.18. The normalized spacial score (nSPS) is 26.7. The summed E-state index contributed by atoms with van der Waals surface area (Å²) in [7, 11) is 2.10. The van der Waals surface area contributed by atoms with Crippen molar-refractivity contribution in [2.45, 2.75) is 12.5 Å². The third-order valence-corrected chi connectivity index (χ3v) is 1.43. The smallest absolute Gasteiger partial charge is 0.0179 e. The van der Waals surface area contributed by atoms with Gasteiger partial charge in [0, 0.05) is 12.6 Å². The van der Waals surface area contributed by atoms with E-state index in [1.54, 1.807) is 0 Å². The maximum absolute atomic E-state index is 5.58. The molecule has 0 spiro atoms. The Morgan fingerprint density at radius 2 is 2.00 bits per heavy atom. The van der Waals surface area contributed by atoms with Gasteiger partial charge >= 0.3 is 0 Å². The van der Waals surface area contributed by atoms with E-state index in [4.69, 9.17) is 5.73 Å². The van der Waals surface area contributed by atoms with Crippen molar-refractivity contribution in [2.24, 2.45) is 5.73 Å². The summed E-state index contributed by atoms with van der Waals surface area (Å²) >= 11 is 0. The van der Waals surface area contributed by atoms with E-state index in [1.807, 2.05) is 0 Å². The number of halogens is 2. The minimum absolute atomic E-state index is 0. The fourth-order valence-electron chi connectivity index (χ4n) is 0.969. The number of likely N-dealkylation sites (tertiary alicyclic amines) is 1. The minimum Gasteiger partial charge on any atom is -0.326 e. The van der Waals surface area contributed by atoms with Crippen LogP contribution in [0.4, 0.5) is 0 Å². The molecule has 0 aromatic heterocycles. The van der Waals surface area contributed by atoms with Crippen molar-refractivity contribution in [3.05, 3.63) is 0 Å². The number of hydrogen-bond acceptors (Lipinski definition) is 2. The predicted molar refractivity (Wildman–Crippen MR) is 44.6 cm³/mol. The Hall–Kier alpha value is 0.500. The average molecular weight is 173 g/mol. The molecule has 2 nitrogen and oxygen atoms in total. The first-order valence-electron chi connectivity index (χ1n) is 2.73. The van der Waals surface area contributed by atoms with E-state index < -0.39 is 0 Å². The van der Waals surface area contributed by atoms with Gasteiger partial charge in [0.2, 0.25) is 0 Å². The van der Waals surface area contributed by atoms with Crippen molar-refractivity contribution < 1.29 is 0 Å². The highest BCUT2D eigenvalue weighted by Gasteiger charge is 2.13. The molecular formula is C5H14Cl2N2. The van der Waals surface area contributed by atoms with Crippen LogP contribution in [0.25, 0.3) is 0 Å². The molecule has 1 saturated heterocycles. The summed E-state index contributed by atoms with van der Waals surface area (Å²) in [6.45, 7) is 2.27. The van der Waals surface area contributed by atoms with Crippen molar-refractivity contribution in [1.82, 2.24) is 4.90 Å². The SMILES string of the molecule is CN1CC[C@@H](N)C1.Cl.Cl. The second-order valence-corrected chi connectivity index (χ2v) is 2.31. The topological polar surface area (TPSA) is 29.3 Å². The fraction of sp³-hybridized carbons (Fsp3) is 1.00. The molecule has 0 saturated carbocycles. The summed E-state index contributed by atoms with van der Waals surface area (Å²) in [5.41, 5.74) is 5.58. The Labute approximate surface area is 68.6 Å². The quantitative estimate of drug-likeness (QED) is 0.577. The van der Waals surface area contributed by atoms with E-state index in [0.29, 0.717) is 6.04 Å². The van der Waals surface area contributed by atoms with Crippen molar-refractivity contribution >= 4 is 24.8 Å². The minimum atomic E-state index is 0. The second-order valence-electron chi connectivity index (χ2n) is 2.31. The van der Waals surface area contributed by atoms with E-state index in [-0.39, 0.29) is 24.8 Å². The van der Waals surface area contributed by atoms with Crippen molar-refractivity contribution in [2.75, 3.05) is 20.1 Å². The van der Waals surface area contributed by atoms with Gasteiger partial charge in [-0.3, -0.25) is 0 Å². The molecule has 0 unspecified atom stereocenters. The van der Waals surface area contributed by atoms with Crippen LogP contribution in [0.2, 0.25) is 0 Å². The van der Waals surface area contributed by atoms with Crippen LogP contribution in [0.1, 0.15) is 6.42 Å². The van der Waals surface area contributed by atoms with Crippen LogP contribution in [0.3, 0.4) is 0 Å². The van der Waals surface area contributed by atoms with Crippen LogP contribution in [0.5, 0.6) is 0 Å². The van der Waals surface area contributed by atoms with Crippen LogP contribution >= 0.6 is 24.8 Å². The van der Waals surface area contributed by atoms with Gasteiger partial charge in [-0.2, -0.15) is 0 Å². The van der Waals surface area contributed by atoms with Crippen LogP contribution in [-0.4, -0.2) is 31.1 Å². The van der Waals surface area contributed by atoms with Gasteiger partial charge in [-0.15, -0.1) is 24.8 Å². The number of nitrogens with zero attached hydrogens (tertiary/aromatic N) is 1. The van der Waals surface area contributed by atoms with E-state index >= 15 is 0 Å². The maximum Gasteiger partial charge on any atom is 0.0179 e. The summed E-state index contributed by atoms with van der Waals surface area (Å²) in [5.74, 6) is 0. The standard InChI is InChI=1S/C5H12N2.2ClH/c1-7-3-2-5(6)4-7;;/h5H,2-4,6H2,1H3;2*1H/t5-;;/m1../s1. The molecule has 4 heteroatoms. The molecule has 1 atom stereocenters. The Balaban J connectivity index is 0. The lowest BCUT2D eigenvalue weighted by Gasteiger charge is -2.03. The Morgan fingerprint density at radius 1 is 1.44 bits per heavy atom. The van der Waals surface area contributed by atoms with Crippen LogP contribution in [0, 0.1) is 0 Å². The lowest BCUT2D eigenvalue weighted by Crippen LogP contribution is -2.23. The molecule has 1 fully saturated rings. The van der Waals surface area contributed by atoms with Gasteiger partial charge < -0.3 is 10.6 Å². The first-order valence-corrected chi connectivity index (χ1v) is 2.73. The molecule has 9 heavy (non-hydrogen) atoms. The first kappa shape index (κ1) is 12.2. The summed E-state index contributed by atoms with van der Waals surface area (Å²) in [6, 6.07) is 0.449. The van der Waals surface area contributed by atoms with E-state index in [9.17, 15) is 0 Å². The van der Waals surface area contributed by atoms with E-state index in [1.165, 1.54) is 13.0 Å². The predicted octanol–water partition coefficient (Wildman–Crippen LogP) is 0.493. The molecule has 0 aromatic rings. The fourth-order valence-corrected chi connectivity index (χ4v) is 0.969. The largest absolute Gasteiger partial charge is 0.326 e. The molecule has 0 bridgehead atoms.